The molecule has 1 saturated heterocycles. The number of nitrogens with zero attached hydrogens (tertiary/aromatic N) is 1. The van der Waals surface area contributed by atoms with Crippen LogP contribution in [0.1, 0.15) is 26.7 Å². The molecule has 1 atom stereocenters. The van der Waals surface area contributed by atoms with Crippen LogP contribution in [0.25, 0.3) is 0 Å². The predicted molar refractivity (Wildman–Crippen MR) is 85.7 cm³/mol. The van der Waals surface area contributed by atoms with Gasteiger partial charge in [-0.1, -0.05) is 13.8 Å². The van der Waals surface area contributed by atoms with E-state index in [2.05, 4.69) is 15.5 Å². The van der Waals surface area contributed by atoms with Crippen molar-refractivity contribution in [3.8, 4) is 0 Å². The second-order valence-corrected chi connectivity index (χ2v) is 6.04. The van der Waals surface area contributed by atoms with E-state index in [1.165, 1.54) is 12.1 Å². The van der Waals surface area contributed by atoms with Crippen LogP contribution in [0.15, 0.2) is 18.2 Å². The molecule has 2 amide bonds. The van der Waals surface area contributed by atoms with Crippen LogP contribution in [0.4, 0.5) is 20.6 Å². The number of halogens is 1. The maximum absolute atomic E-state index is 13.7. The van der Waals surface area contributed by atoms with E-state index in [0.29, 0.717) is 5.69 Å². The highest BCUT2D eigenvalue weighted by molar-refractivity contribution is 5.89. The van der Waals surface area contributed by atoms with Gasteiger partial charge in [0.15, 0.2) is 0 Å². The first-order chi connectivity index (χ1) is 10.5. The van der Waals surface area contributed by atoms with Gasteiger partial charge in [0.2, 0.25) is 0 Å². The SMILES string of the molecule is CC(C)[C@H](O)CNC(=O)Nc1cc(F)cc(N2CCCC2)c1. The minimum Gasteiger partial charge on any atom is -0.391 e. The fourth-order valence-electron chi connectivity index (χ4n) is 2.41. The van der Waals surface area contributed by atoms with Crippen molar-refractivity contribution in [2.45, 2.75) is 32.8 Å². The second kappa shape index (κ2) is 7.45. The molecule has 0 aromatic heterocycles. The molecule has 0 radical (unpaired) electrons. The Labute approximate surface area is 130 Å². The Morgan fingerprint density at radius 2 is 2.00 bits per heavy atom. The summed E-state index contributed by atoms with van der Waals surface area (Å²) in [5, 5.41) is 14.9. The molecule has 5 nitrogen and oxygen atoms in total. The summed E-state index contributed by atoms with van der Waals surface area (Å²) in [6.07, 6.45) is 1.61. The van der Waals surface area contributed by atoms with Crippen molar-refractivity contribution in [1.82, 2.24) is 5.32 Å². The lowest BCUT2D eigenvalue weighted by Crippen LogP contribution is -2.37. The Balaban J connectivity index is 1.95. The van der Waals surface area contributed by atoms with Gasteiger partial charge in [-0.05, 0) is 37.0 Å². The summed E-state index contributed by atoms with van der Waals surface area (Å²) in [7, 11) is 0. The van der Waals surface area contributed by atoms with Crippen LogP contribution < -0.4 is 15.5 Å². The number of carbonyl (C=O) groups excluding carboxylic acids is 1. The molecule has 2 rings (SSSR count). The number of carbonyl (C=O) groups is 1. The highest BCUT2D eigenvalue weighted by Gasteiger charge is 2.15. The third kappa shape index (κ3) is 4.59. The fraction of sp³-hybridized carbons (Fsp3) is 0.562. The first-order valence-corrected chi connectivity index (χ1v) is 7.74. The summed E-state index contributed by atoms with van der Waals surface area (Å²) >= 11 is 0. The van der Waals surface area contributed by atoms with E-state index < -0.39 is 12.1 Å². The minimum atomic E-state index is -0.599. The van der Waals surface area contributed by atoms with E-state index in [9.17, 15) is 14.3 Å². The number of hydrogen-bond acceptors (Lipinski definition) is 3. The Bertz CT molecular complexity index is 516. The highest BCUT2D eigenvalue weighted by atomic mass is 19.1. The molecule has 3 N–H and O–H groups in total. The van der Waals surface area contributed by atoms with Crippen LogP contribution in [0, 0.1) is 11.7 Å². The van der Waals surface area contributed by atoms with Gasteiger partial charge in [-0.25, -0.2) is 9.18 Å². The van der Waals surface area contributed by atoms with Crippen LogP contribution >= 0.6 is 0 Å². The molecular formula is C16H24FN3O2. The zero-order chi connectivity index (χ0) is 16.1. The second-order valence-electron chi connectivity index (χ2n) is 6.04. The van der Waals surface area contributed by atoms with Gasteiger partial charge in [0, 0.05) is 31.0 Å². The Morgan fingerprint density at radius 1 is 1.32 bits per heavy atom. The maximum Gasteiger partial charge on any atom is 0.319 e. The third-order valence-electron chi connectivity index (χ3n) is 3.85. The zero-order valence-corrected chi connectivity index (χ0v) is 13.1. The lowest BCUT2D eigenvalue weighted by Gasteiger charge is -2.19. The molecule has 1 aromatic carbocycles. The Hall–Kier alpha value is -1.82. The van der Waals surface area contributed by atoms with E-state index in [0.717, 1.165) is 31.6 Å². The van der Waals surface area contributed by atoms with E-state index in [4.69, 9.17) is 0 Å². The van der Waals surface area contributed by atoms with Crippen LogP contribution in [0.2, 0.25) is 0 Å². The van der Waals surface area contributed by atoms with Gasteiger partial charge in [-0.3, -0.25) is 0 Å². The summed E-state index contributed by atoms with van der Waals surface area (Å²) < 4.78 is 13.7. The first-order valence-electron chi connectivity index (χ1n) is 7.74. The van der Waals surface area contributed by atoms with Crippen LogP contribution in [-0.2, 0) is 0 Å². The van der Waals surface area contributed by atoms with Gasteiger partial charge in [-0.2, -0.15) is 0 Å². The number of nitrogens with one attached hydrogen (secondary N) is 2. The maximum atomic E-state index is 13.7. The number of aliphatic hydroxyl groups excluding tert-OH is 1. The topological polar surface area (TPSA) is 64.6 Å². The van der Waals surface area contributed by atoms with Crippen molar-refractivity contribution in [3.63, 3.8) is 0 Å². The molecule has 0 bridgehead atoms. The van der Waals surface area contributed by atoms with Gasteiger partial charge >= 0.3 is 6.03 Å². The lowest BCUT2D eigenvalue weighted by molar-refractivity contribution is 0.126. The number of urea groups is 1. The summed E-state index contributed by atoms with van der Waals surface area (Å²) in [6.45, 7) is 5.74. The van der Waals surface area contributed by atoms with Gasteiger partial charge in [0.1, 0.15) is 5.82 Å². The first kappa shape index (κ1) is 16.5. The average molecular weight is 309 g/mol. The number of benzene rings is 1. The predicted octanol–water partition coefficient (Wildman–Crippen LogP) is 2.56. The van der Waals surface area contributed by atoms with Gasteiger partial charge in [0.25, 0.3) is 0 Å². The van der Waals surface area contributed by atoms with Crippen molar-refractivity contribution in [3.05, 3.63) is 24.0 Å². The number of hydrogen-bond donors (Lipinski definition) is 3. The molecule has 22 heavy (non-hydrogen) atoms. The fourth-order valence-corrected chi connectivity index (χ4v) is 2.41. The van der Waals surface area contributed by atoms with Crippen molar-refractivity contribution < 1.29 is 14.3 Å². The molecule has 0 saturated carbocycles. The molecule has 1 aliphatic rings. The van der Waals surface area contributed by atoms with Crippen molar-refractivity contribution >= 4 is 17.4 Å². The third-order valence-corrected chi connectivity index (χ3v) is 3.85. The molecule has 6 heteroatoms. The molecule has 1 heterocycles. The quantitative estimate of drug-likeness (QED) is 0.783. The molecule has 0 aliphatic carbocycles. The van der Waals surface area contributed by atoms with E-state index in [1.54, 1.807) is 6.07 Å². The van der Waals surface area contributed by atoms with Crippen molar-refractivity contribution in [2.75, 3.05) is 29.9 Å². The summed E-state index contributed by atoms with van der Waals surface area (Å²) in [4.78, 5) is 13.9. The Kier molecular flexibility index (Phi) is 5.60. The Morgan fingerprint density at radius 3 is 2.64 bits per heavy atom. The normalized spacial score (nSPS) is 16.0. The summed E-state index contributed by atoms with van der Waals surface area (Å²) in [5.41, 5.74) is 1.20. The number of aliphatic hydroxyl groups is 1. The molecule has 0 spiro atoms. The average Bonchev–Trinajstić information content (AvgIpc) is 2.98. The largest absolute Gasteiger partial charge is 0.391 e. The van der Waals surface area contributed by atoms with Gasteiger partial charge < -0.3 is 20.6 Å². The number of anilines is 2. The van der Waals surface area contributed by atoms with E-state index in [-0.39, 0.29) is 18.3 Å². The van der Waals surface area contributed by atoms with E-state index in [1.807, 2.05) is 13.8 Å². The van der Waals surface area contributed by atoms with Crippen molar-refractivity contribution in [2.24, 2.45) is 5.92 Å². The van der Waals surface area contributed by atoms with Gasteiger partial charge in [0.05, 0.1) is 6.10 Å². The van der Waals surface area contributed by atoms with Crippen LogP contribution in [0.5, 0.6) is 0 Å². The van der Waals surface area contributed by atoms with Crippen LogP contribution in [-0.4, -0.2) is 36.9 Å². The minimum absolute atomic E-state index is 0.0660. The van der Waals surface area contributed by atoms with Crippen LogP contribution in [0.3, 0.4) is 0 Å². The van der Waals surface area contributed by atoms with E-state index >= 15 is 0 Å². The lowest BCUT2D eigenvalue weighted by atomic mass is 10.1. The molecular weight excluding hydrogens is 285 g/mol. The molecule has 0 unspecified atom stereocenters. The molecule has 1 aromatic rings. The summed E-state index contributed by atoms with van der Waals surface area (Å²) in [5.74, 6) is -0.307. The monoisotopic (exact) mass is 309 g/mol. The molecule has 122 valence electrons. The molecule has 1 fully saturated rings. The smallest absolute Gasteiger partial charge is 0.319 e. The standard InChI is InChI=1S/C16H24FN3O2/c1-11(2)15(21)10-18-16(22)19-13-7-12(17)8-14(9-13)20-5-3-4-6-20/h7-9,11,15,21H,3-6,10H2,1-2H3,(H2,18,19,22)/t15-/m1/s1. The zero-order valence-electron chi connectivity index (χ0n) is 13.1. The number of rotatable bonds is 5. The van der Waals surface area contributed by atoms with Gasteiger partial charge in [-0.15, -0.1) is 0 Å². The summed E-state index contributed by atoms with van der Waals surface area (Å²) in [6, 6.07) is 4.10. The molecule has 1 aliphatic heterocycles. The number of amides is 2. The highest BCUT2D eigenvalue weighted by Crippen LogP contribution is 2.25. The van der Waals surface area contributed by atoms with Crippen molar-refractivity contribution in [1.29, 1.82) is 0 Å².